The SMILES string of the molecule is CC(C)Oc1cc(CC(C(=O)c2ccc3c(c2)OCCO3)=C(C(=O)O)c2ccc3nsnc3c2)cc(OC(C)C)c1OC(C)C. The second-order valence-corrected chi connectivity index (χ2v) is 11.9. The quantitative estimate of drug-likeness (QED) is 0.132. The van der Waals surface area contributed by atoms with E-state index in [2.05, 4.69) is 8.75 Å². The van der Waals surface area contributed by atoms with Gasteiger partial charge in [-0.15, -0.1) is 0 Å². The summed E-state index contributed by atoms with van der Waals surface area (Å²) in [5, 5.41) is 10.6. The molecule has 1 N–H and O–H groups in total. The molecule has 0 spiro atoms. The fraction of sp³-hybridized carbons (Fsp3) is 0.353. The minimum Gasteiger partial charge on any atom is -0.487 e. The number of ether oxygens (including phenoxy) is 5. The highest BCUT2D eigenvalue weighted by atomic mass is 32.1. The van der Waals surface area contributed by atoms with E-state index in [9.17, 15) is 14.7 Å². The Balaban J connectivity index is 1.71. The molecular formula is C34H36N2O8S. The fourth-order valence-corrected chi connectivity index (χ4v) is 5.49. The number of carboxylic acid groups (broad SMARTS) is 1. The first-order valence-electron chi connectivity index (χ1n) is 14.8. The van der Waals surface area contributed by atoms with Crippen molar-refractivity contribution in [1.82, 2.24) is 8.75 Å². The van der Waals surface area contributed by atoms with Gasteiger partial charge in [0.05, 0.1) is 35.6 Å². The average molecular weight is 633 g/mol. The first-order valence-corrected chi connectivity index (χ1v) is 15.5. The van der Waals surface area contributed by atoms with E-state index in [1.165, 1.54) is 0 Å². The monoisotopic (exact) mass is 632 g/mol. The van der Waals surface area contributed by atoms with Crippen molar-refractivity contribution in [2.24, 2.45) is 0 Å². The van der Waals surface area contributed by atoms with Crippen LogP contribution in [0.15, 0.2) is 54.1 Å². The zero-order valence-corrected chi connectivity index (χ0v) is 26.9. The molecule has 10 nitrogen and oxygen atoms in total. The molecule has 45 heavy (non-hydrogen) atoms. The van der Waals surface area contributed by atoms with Gasteiger partial charge in [-0.25, -0.2) is 4.79 Å². The molecule has 236 valence electrons. The first kappa shape index (κ1) is 31.8. The van der Waals surface area contributed by atoms with Gasteiger partial charge in [-0.1, -0.05) is 6.07 Å². The van der Waals surface area contributed by atoms with E-state index in [-0.39, 0.29) is 41.4 Å². The number of carbonyl (C=O) groups is 2. The number of rotatable bonds is 12. The average Bonchev–Trinajstić information content (AvgIpc) is 3.45. The molecule has 0 saturated carbocycles. The lowest BCUT2D eigenvalue weighted by Gasteiger charge is -2.23. The fourth-order valence-electron chi connectivity index (χ4n) is 4.98. The van der Waals surface area contributed by atoms with Gasteiger partial charge in [0.2, 0.25) is 5.75 Å². The Labute approximate surface area is 265 Å². The largest absolute Gasteiger partial charge is 0.487 e. The van der Waals surface area contributed by atoms with E-state index in [1.54, 1.807) is 48.5 Å². The molecular weight excluding hydrogens is 596 g/mol. The van der Waals surface area contributed by atoms with Gasteiger partial charge >= 0.3 is 5.97 Å². The van der Waals surface area contributed by atoms with Crippen LogP contribution in [0.25, 0.3) is 16.6 Å². The normalized spacial score (nSPS) is 13.3. The number of nitrogens with zero attached hydrogens (tertiary/aromatic N) is 2. The molecule has 1 aliphatic heterocycles. The van der Waals surface area contributed by atoms with Crippen LogP contribution in [0.4, 0.5) is 0 Å². The maximum Gasteiger partial charge on any atom is 0.336 e. The molecule has 0 unspecified atom stereocenters. The smallest absolute Gasteiger partial charge is 0.336 e. The second-order valence-electron chi connectivity index (χ2n) is 11.4. The molecule has 0 amide bonds. The zero-order valence-electron chi connectivity index (χ0n) is 26.1. The van der Waals surface area contributed by atoms with Crippen LogP contribution in [0, 0.1) is 0 Å². The maximum atomic E-state index is 14.4. The second kappa shape index (κ2) is 13.6. The van der Waals surface area contributed by atoms with Gasteiger partial charge in [-0.3, -0.25) is 4.79 Å². The number of benzene rings is 3. The zero-order chi connectivity index (χ0) is 32.2. The van der Waals surface area contributed by atoms with Gasteiger partial charge in [0.25, 0.3) is 0 Å². The highest BCUT2D eigenvalue weighted by Crippen LogP contribution is 2.42. The van der Waals surface area contributed by atoms with Crippen molar-refractivity contribution in [2.75, 3.05) is 13.2 Å². The number of fused-ring (bicyclic) bond motifs is 2. The topological polar surface area (TPSA) is 126 Å². The van der Waals surface area contributed by atoms with Crippen molar-refractivity contribution < 1.29 is 38.4 Å². The third-order valence-corrected chi connectivity index (χ3v) is 7.23. The van der Waals surface area contributed by atoms with Gasteiger partial charge in [0, 0.05) is 17.6 Å². The summed E-state index contributed by atoms with van der Waals surface area (Å²) in [6.07, 6.45) is -0.596. The van der Waals surface area contributed by atoms with Crippen molar-refractivity contribution in [1.29, 1.82) is 0 Å². The summed E-state index contributed by atoms with van der Waals surface area (Å²) < 4.78 is 38.3. The third kappa shape index (κ3) is 7.37. The van der Waals surface area contributed by atoms with Crippen LogP contribution >= 0.6 is 11.7 Å². The Morgan fingerprint density at radius 2 is 1.38 bits per heavy atom. The van der Waals surface area contributed by atoms with E-state index in [0.717, 1.165) is 11.7 Å². The lowest BCUT2D eigenvalue weighted by Crippen LogP contribution is -2.18. The van der Waals surface area contributed by atoms with Crippen molar-refractivity contribution in [2.45, 2.75) is 66.3 Å². The molecule has 0 radical (unpaired) electrons. The van der Waals surface area contributed by atoms with Crippen LogP contribution in [-0.2, 0) is 11.2 Å². The molecule has 0 bridgehead atoms. The summed E-state index contributed by atoms with van der Waals surface area (Å²) in [6, 6.07) is 13.4. The number of carboxylic acids is 1. The summed E-state index contributed by atoms with van der Waals surface area (Å²) >= 11 is 1.03. The molecule has 0 aliphatic carbocycles. The van der Waals surface area contributed by atoms with Crippen LogP contribution in [0.1, 0.15) is 63.0 Å². The highest BCUT2D eigenvalue weighted by molar-refractivity contribution is 7.00. The number of carbonyl (C=O) groups excluding carboxylic acids is 1. The van der Waals surface area contributed by atoms with E-state index < -0.39 is 11.8 Å². The lowest BCUT2D eigenvalue weighted by atomic mass is 9.89. The lowest BCUT2D eigenvalue weighted by molar-refractivity contribution is -0.130. The Bertz CT molecular complexity index is 1730. The summed E-state index contributed by atoms with van der Waals surface area (Å²) in [4.78, 5) is 27.4. The van der Waals surface area contributed by atoms with E-state index >= 15 is 0 Å². The van der Waals surface area contributed by atoms with Gasteiger partial charge in [0.15, 0.2) is 28.8 Å². The van der Waals surface area contributed by atoms with Crippen LogP contribution in [0.3, 0.4) is 0 Å². The van der Waals surface area contributed by atoms with Crippen molar-refractivity contribution >= 4 is 40.1 Å². The maximum absolute atomic E-state index is 14.4. The van der Waals surface area contributed by atoms with E-state index in [1.807, 2.05) is 41.5 Å². The molecule has 4 aromatic rings. The molecule has 3 aromatic carbocycles. The highest BCUT2D eigenvalue weighted by Gasteiger charge is 2.27. The van der Waals surface area contributed by atoms with Gasteiger partial charge in [-0.2, -0.15) is 8.75 Å². The molecule has 2 heterocycles. The van der Waals surface area contributed by atoms with E-state index in [4.69, 9.17) is 23.7 Å². The molecule has 1 aliphatic rings. The third-order valence-electron chi connectivity index (χ3n) is 6.68. The number of aromatic nitrogens is 2. The Morgan fingerprint density at radius 3 is 2.00 bits per heavy atom. The van der Waals surface area contributed by atoms with Crippen LogP contribution in [0.5, 0.6) is 28.7 Å². The number of Topliss-reactive ketones (excluding diaryl/α,β-unsaturated/α-hetero) is 1. The summed E-state index contributed by atoms with van der Waals surface area (Å²) in [5.41, 5.74) is 2.29. The minimum absolute atomic E-state index is 0.0485. The van der Waals surface area contributed by atoms with Crippen LogP contribution < -0.4 is 23.7 Å². The molecule has 0 saturated heterocycles. The predicted octanol–water partition coefficient (Wildman–Crippen LogP) is 6.79. The van der Waals surface area contributed by atoms with Gasteiger partial charge in [0.1, 0.15) is 24.2 Å². The summed E-state index contributed by atoms with van der Waals surface area (Å²) in [7, 11) is 0. The summed E-state index contributed by atoms with van der Waals surface area (Å²) in [5.74, 6) is 0.537. The molecule has 1 aromatic heterocycles. The molecule has 5 rings (SSSR count). The van der Waals surface area contributed by atoms with E-state index in [0.29, 0.717) is 64.1 Å². The Morgan fingerprint density at radius 1 is 0.778 bits per heavy atom. The number of hydrogen-bond acceptors (Lipinski definition) is 10. The predicted molar refractivity (Wildman–Crippen MR) is 171 cm³/mol. The summed E-state index contributed by atoms with van der Waals surface area (Å²) in [6.45, 7) is 12.2. The molecule has 0 fully saturated rings. The minimum atomic E-state index is -1.25. The molecule has 0 atom stereocenters. The standard InChI is InChI=1S/C34H36N2O8S/c1-18(2)42-29-14-21(15-30(43-19(3)4)33(29)44-20(5)6)13-24(32(37)23-8-10-27-28(17-23)41-12-11-40-27)31(34(38)39)22-7-9-25-26(16-22)36-45-35-25/h7-10,14-20H,11-13H2,1-6H3,(H,38,39). The van der Waals surface area contributed by atoms with Crippen LogP contribution in [-0.4, -0.2) is 57.1 Å². The van der Waals surface area contributed by atoms with Crippen LogP contribution in [0.2, 0.25) is 0 Å². The van der Waals surface area contributed by atoms with Crippen molar-refractivity contribution in [3.05, 3.63) is 70.8 Å². The number of ketones is 1. The Kier molecular flexibility index (Phi) is 9.57. The number of hydrogen-bond donors (Lipinski definition) is 1. The van der Waals surface area contributed by atoms with Gasteiger partial charge < -0.3 is 28.8 Å². The van der Waals surface area contributed by atoms with Crippen molar-refractivity contribution in [3.63, 3.8) is 0 Å². The first-order chi connectivity index (χ1) is 21.5. The number of allylic oxidation sites excluding steroid dienone is 1. The van der Waals surface area contributed by atoms with Gasteiger partial charge in [-0.05, 0) is 95.1 Å². The van der Waals surface area contributed by atoms with Crippen molar-refractivity contribution in [3.8, 4) is 28.7 Å². The number of aliphatic carboxylic acids is 1. The Hall–Kier alpha value is -4.64. The molecule has 11 heteroatoms.